The summed E-state index contributed by atoms with van der Waals surface area (Å²) in [6, 6.07) is 25.1. The fraction of sp³-hybridized carbons (Fsp3) is 0.136. The van der Waals surface area contributed by atoms with Crippen molar-refractivity contribution in [3.63, 3.8) is 0 Å². The predicted octanol–water partition coefficient (Wildman–Crippen LogP) is 5.57. The average Bonchev–Trinajstić information content (AvgIpc) is 2.65. The zero-order valence-corrected chi connectivity index (χ0v) is 17.5. The van der Waals surface area contributed by atoms with E-state index < -0.39 is 4.32 Å². The Labute approximate surface area is 170 Å². The third-order valence-electron chi connectivity index (χ3n) is 3.81. The molecule has 138 valence electrons. The van der Waals surface area contributed by atoms with Crippen LogP contribution in [0.15, 0.2) is 93.5 Å². The maximum absolute atomic E-state index is 12.0. The average molecular weight is 444 g/mol. The van der Waals surface area contributed by atoms with Gasteiger partial charge in [0.15, 0.2) is 14.7 Å². The highest BCUT2D eigenvalue weighted by Crippen LogP contribution is 2.33. The molecule has 0 aliphatic carbocycles. The summed E-state index contributed by atoms with van der Waals surface area (Å²) in [7, 11) is -0.322. The van der Waals surface area contributed by atoms with Gasteiger partial charge in [0, 0.05) is 0 Å². The van der Waals surface area contributed by atoms with Crippen LogP contribution >= 0.6 is 15.9 Å². The largest absolute Gasteiger partial charge is 0.508 e. The van der Waals surface area contributed by atoms with Crippen LogP contribution in [-0.4, -0.2) is 15.4 Å². The Bertz CT molecular complexity index is 901. The number of esters is 1. The van der Waals surface area contributed by atoms with E-state index in [4.69, 9.17) is 4.74 Å². The minimum Gasteiger partial charge on any atom is -0.508 e. The SMILES string of the molecule is CC(C)(Br)C(=O)Oc1ccc([S+](c2ccccc2)c2ccc(O)cc2)cc1. The zero-order valence-electron chi connectivity index (χ0n) is 15.1. The van der Waals surface area contributed by atoms with Gasteiger partial charge in [-0.05, 0) is 74.5 Å². The second-order valence-electron chi connectivity index (χ2n) is 6.45. The molecule has 0 aliphatic heterocycles. The number of alkyl halides is 1. The van der Waals surface area contributed by atoms with E-state index in [9.17, 15) is 9.90 Å². The Morgan fingerprint density at radius 2 is 1.33 bits per heavy atom. The van der Waals surface area contributed by atoms with E-state index in [2.05, 4.69) is 28.1 Å². The number of rotatable bonds is 5. The number of halogens is 1. The van der Waals surface area contributed by atoms with E-state index in [1.807, 2.05) is 54.6 Å². The first-order valence-electron chi connectivity index (χ1n) is 8.44. The lowest BCUT2D eigenvalue weighted by Gasteiger charge is -2.14. The summed E-state index contributed by atoms with van der Waals surface area (Å²) >= 11 is 3.31. The molecule has 3 aromatic carbocycles. The number of carbonyl (C=O) groups is 1. The molecule has 0 aromatic heterocycles. The standard InChI is InChI=1S/C22H19BrO3S/c1-22(2,23)21(25)26-17-10-14-20(15-11-17)27(18-6-4-3-5-7-18)19-12-8-16(24)9-13-19/h3-15H,1-2H3/p+1. The van der Waals surface area contributed by atoms with Gasteiger partial charge >= 0.3 is 5.97 Å². The molecule has 3 rings (SSSR count). The first-order chi connectivity index (χ1) is 12.8. The molecule has 0 fully saturated rings. The van der Waals surface area contributed by atoms with Crippen LogP contribution in [0.1, 0.15) is 13.8 Å². The molecule has 3 aromatic rings. The van der Waals surface area contributed by atoms with Gasteiger partial charge in [-0.25, -0.2) is 0 Å². The van der Waals surface area contributed by atoms with Crippen molar-refractivity contribution in [2.24, 2.45) is 0 Å². The second-order valence-corrected chi connectivity index (χ2v) is 10.5. The quantitative estimate of drug-likeness (QED) is 0.242. The number of aromatic hydroxyl groups is 1. The highest BCUT2D eigenvalue weighted by atomic mass is 79.9. The Hall–Kier alpha value is -2.24. The molecule has 1 unspecified atom stereocenters. The molecular formula is C22H20BrO3S+. The summed E-state index contributed by atoms with van der Waals surface area (Å²) < 4.78 is 4.69. The number of phenolic OH excluding ortho intramolecular Hbond substituents is 1. The number of hydrogen-bond donors (Lipinski definition) is 1. The van der Waals surface area contributed by atoms with Crippen molar-refractivity contribution in [3.05, 3.63) is 78.9 Å². The molecule has 0 saturated carbocycles. The molecule has 1 N–H and O–H groups in total. The molecule has 0 spiro atoms. The molecule has 0 heterocycles. The lowest BCUT2D eigenvalue weighted by Crippen LogP contribution is -2.29. The zero-order chi connectivity index (χ0) is 19.4. The van der Waals surface area contributed by atoms with Crippen LogP contribution in [-0.2, 0) is 15.7 Å². The molecule has 27 heavy (non-hydrogen) atoms. The third-order valence-corrected chi connectivity index (χ3v) is 6.36. The first kappa shape index (κ1) is 19.5. The fourth-order valence-corrected chi connectivity index (χ4v) is 4.56. The van der Waals surface area contributed by atoms with Crippen molar-refractivity contribution in [2.45, 2.75) is 32.9 Å². The molecule has 0 saturated heterocycles. The minimum atomic E-state index is -0.730. The van der Waals surface area contributed by atoms with Crippen molar-refractivity contribution in [1.29, 1.82) is 0 Å². The van der Waals surface area contributed by atoms with Crippen molar-refractivity contribution < 1.29 is 14.6 Å². The Morgan fingerprint density at radius 1 is 0.852 bits per heavy atom. The number of hydrogen-bond acceptors (Lipinski definition) is 3. The van der Waals surface area contributed by atoms with Crippen LogP contribution in [0.25, 0.3) is 0 Å². The maximum atomic E-state index is 12.0. The molecule has 0 radical (unpaired) electrons. The Kier molecular flexibility index (Phi) is 5.92. The van der Waals surface area contributed by atoms with E-state index in [0.717, 1.165) is 9.79 Å². The first-order valence-corrected chi connectivity index (χ1v) is 10.5. The second kappa shape index (κ2) is 8.19. The van der Waals surface area contributed by atoms with Gasteiger partial charge in [0.25, 0.3) is 0 Å². The number of benzene rings is 3. The summed E-state index contributed by atoms with van der Waals surface area (Å²) in [5, 5.41) is 9.62. The van der Waals surface area contributed by atoms with Gasteiger partial charge in [-0.1, -0.05) is 34.1 Å². The van der Waals surface area contributed by atoms with E-state index >= 15 is 0 Å². The van der Waals surface area contributed by atoms with Gasteiger partial charge < -0.3 is 9.84 Å². The van der Waals surface area contributed by atoms with E-state index in [-0.39, 0.29) is 22.6 Å². The Morgan fingerprint density at radius 3 is 1.85 bits per heavy atom. The summed E-state index contributed by atoms with van der Waals surface area (Å²) in [5.74, 6) is 0.421. The highest BCUT2D eigenvalue weighted by Gasteiger charge is 2.29. The van der Waals surface area contributed by atoms with E-state index in [0.29, 0.717) is 5.75 Å². The summed E-state index contributed by atoms with van der Waals surface area (Å²) in [6.45, 7) is 3.50. The monoisotopic (exact) mass is 443 g/mol. The Balaban J connectivity index is 1.93. The van der Waals surface area contributed by atoms with Gasteiger partial charge in [-0.3, -0.25) is 4.79 Å². The number of ether oxygens (including phenoxy) is 1. The molecule has 0 bridgehead atoms. The van der Waals surface area contributed by atoms with Crippen molar-refractivity contribution >= 4 is 32.8 Å². The third kappa shape index (κ3) is 4.93. The summed E-state index contributed by atoms with van der Waals surface area (Å²) in [4.78, 5) is 15.4. The van der Waals surface area contributed by atoms with E-state index in [1.54, 1.807) is 26.0 Å². The van der Waals surface area contributed by atoms with Gasteiger partial charge in [-0.2, -0.15) is 0 Å². The summed E-state index contributed by atoms with van der Waals surface area (Å²) in [6.07, 6.45) is 0. The van der Waals surface area contributed by atoms with Gasteiger partial charge in [0.2, 0.25) is 0 Å². The van der Waals surface area contributed by atoms with Gasteiger partial charge in [0.05, 0.1) is 10.9 Å². The molecule has 3 nitrogen and oxygen atoms in total. The molecular weight excluding hydrogens is 424 g/mol. The van der Waals surface area contributed by atoms with Gasteiger partial charge in [0.1, 0.15) is 15.8 Å². The number of carbonyl (C=O) groups excluding carboxylic acids is 1. The summed E-state index contributed by atoms with van der Waals surface area (Å²) in [5.41, 5.74) is 0. The lowest BCUT2D eigenvalue weighted by molar-refractivity contribution is -0.136. The van der Waals surface area contributed by atoms with Crippen LogP contribution in [0.2, 0.25) is 0 Å². The predicted molar refractivity (Wildman–Crippen MR) is 112 cm³/mol. The van der Waals surface area contributed by atoms with Crippen LogP contribution in [0, 0.1) is 0 Å². The lowest BCUT2D eigenvalue weighted by atomic mass is 10.2. The van der Waals surface area contributed by atoms with Gasteiger partial charge in [-0.15, -0.1) is 0 Å². The molecule has 0 aliphatic rings. The van der Waals surface area contributed by atoms with Crippen LogP contribution < -0.4 is 4.74 Å². The maximum Gasteiger partial charge on any atom is 0.327 e. The molecule has 1 atom stereocenters. The van der Waals surface area contributed by atoms with Crippen LogP contribution in [0.5, 0.6) is 11.5 Å². The fourth-order valence-electron chi connectivity index (χ4n) is 2.42. The van der Waals surface area contributed by atoms with Crippen molar-refractivity contribution in [1.82, 2.24) is 0 Å². The van der Waals surface area contributed by atoms with Crippen LogP contribution in [0.4, 0.5) is 0 Å². The van der Waals surface area contributed by atoms with E-state index in [1.165, 1.54) is 4.90 Å². The minimum absolute atomic E-state index is 0.245. The molecule has 0 amide bonds. The van der Waals surface area contributed by atoms with Crippen molar-refractivity contribution in [2.75, 3.05) is 0 Å². The molecule has 5 heteroatoms. The van der Waals surface area contributed by atoms with Crippen molar-refractivity contribution in [3.8, 4) is 11.5 Å². The van der Waals surface area contributed by atoms with Crippen LogP contribution in [0.3, 0.4) is 0 Å². The normalized spacial score (nSPS) is 12.4. The highest BCUT2D eigenvalue weighted by molar-refractivity contribution is 9.10. The topological polar surface area (TPSA) is 46.5 Å². The smallest absolute Gasteiger partial charge is 0.327 e. The number of phenols is 1.